The average molecular weight is 241 g/mol. The third-order valence-electron chi connectivity index (χ3n) is 2.55. The lowest BCUT2D eigenvalue weighted by atomic mass is 10.0. The van der Waals surface area contributed by atoms with Crippen molar-refractivity contribution in [3.63, 3.8) is 0 Å². The first-order valence-corrected chi connectivity index (χ1v) is 5.22. The molecule has 1 aromatic carbocycles. The minimum absolute atomic E-state index is 0.154. The maximum Gasteiger partial charge on any atom is 0.251 e. The zero-order valence-corrected chi connectivity index (χ0v) is 9.83. The van der Waals surface area contributed by atoms with Crippen molar-refractivity contribution in [2.45, 2.75) is 19.4 Å². The highest BCUT2D eigenvalue weighted by Gasteiger charge is 2.25. The Kier molecular flexibility index (Phi) is 4.20. The largest absolute Gasteiger partial charge is 0.394 e. The molecular weight excluding hydrogens is 225 g/mol. The summed E-state index contributed by atoms with van der Waals surface area (Å²) in [5.74, 6) is -0.998. The van der Waals surface area contributed by atoms with E-state index in [0.717, 1.165) is 6.07 Å². The van der Waals surface area contributed by atoms with Crippen LogP contribution in [0.3, 0.4) is 0 Å². The number of aryl methyl sites for hydroxylation is 1. The van der Waals surface area contributed by atoms with Crippen molar-refractivity contribution in [2.24, 2.45) is 0 Å². The number of rotatable bonds is 4. The number of aliphatic hydroxyl groups is 2. The molecule has 0 aliphatic rings. The van der Waals surface area contributed by atoms with Gasteiger partial charge in [-0.1, -0.05) is 6.07 Å². The van der Waals surface area contributed by atoms with E-state index >= 15 is 0 Å². The van der Waals surface area contributed by atoms with Gasteiger partial charge in [-0.2, -0.15) is 0 Å². The van der Waals surface area contributed by atoms with Crippen molar-refractivity contribution in [1.29, 1.82) is 0 Å². The van der Waals surface area contributed by atoms with Crippen LogP contribution in [0.1, 0.15) is 22.8 Å². The Morgan fingerprint density at radius 1 is 1.41 bits per heavy atom. The van der Waals surface area contributed by atoms with Gasteiger partial charge in [0.25, 0.3) is 5.91 Å². The van der Waals surface area contributed by atoms with Crippen LogP contribution >= 0.6 is 0 Å². The molecule has 1 aromatic rings. The van der Waals surface area contributed by atoms with Crippen molar-refractivity contribution in [3.05, 3.63) is 35.1 Å². The van der Waals surface area contributed by atoms with Crippen LogP contribution in [0.15, 0.2) is 18.2 Å². The molecule has 0 aliphatic heterocycles. The number of hydrogen-bond acceptors (Lipinski definition) is 3. The van der Waals surface area contributed by atoms with Gasteiger partial charge in [-0.3, -0.25) is 4.79 Å². The summed E-state index contributed by atoms with van der Waals surface area (Å²) in [6.45, 7) is 2.30. The Morgan fingerprint density at radius 3 is 2.47 bits per heavy atom. The molecule has 5 heteroatoms. The monoisotopic (exact) mass is 241 g/mol. The second-order valence-electron chi connectivity index (χ2n) is 4.29. The molecule has 0 aliphatic carbocycles. The van der Waals surface area contributed by atoms with Crippen molar-refractivity contribution in [3.8, 4) is 0 Å². The molecule has 4 nitrogen and oxygen atoms in total. The standard InChI is InChI=1S/C12H16FNO3/c1-8-3-4-9(5-10(8)13)11(17)14-12(2,6-15)7-16/h3-5,15-16H,6-7H2,1-2H3,(H,14,17). The first kappa shape index (κ1) is 13.6. The highest BCUT2D eigenvalue weighted by Crippen LogP contribution is 2.10. The maximum atomic E-state index is 13.3. The number of hydrogen-bond donors (Lipinski definition) is 3. The van der Waals surface area contributed by atoms with Gasteiger partial charge in [-0.25, -0.2) is 4.39 Å². The minimum Gasteiger partial charge on any atom is -0.394 e. The molecule has 3 N–H and O–H groups in total. The molecule has 0 saturated heterocycles. The number of nitrogens with one attached hydrogen (secondary N) is 1. The lowest BCUT2D eigenvalue weighted by Gasteiger charge is -2.26. The van der Waals surface area contributed by atoms with E-state index in [0.29, 0.717) is 5.56 Å². The first-order valence-electron chi connectivity index (χ1n) is 5.22. The van der Waals surface area contributed by atoms with Gasteiger partial charge in [-0.15, -0.1) is 0 Å². The summed E-state index contributed by atoms with van der Waals surface area (Å²) < 4.78 is 13.3. The molecule has 1 amide bonds. The molecule has 0 aromatic heterocycles. The van der Waals surface area contributed by atoms with Crippen molar-refractivity contribution in [1.82, 2.24) is 5.32 Å². The SMILES string of the molecule is Cc1ccc(C(=O)NC(C)(CO)CO)cc1F. The van der Waals surface area contributed by atoms with Crippen molar-refractivity contribution in [2.75, 3.05) is 13.2 Å². The second-order valence-corrected chi connectivity index (χ2v) is 4.29. The quantitative estimate of drug-likeness (QED) is 0.723. The number of amides is 1. The van der Waals surface area contributed by atoms with E-state index in [1.807, 2.05) is 0 Å². The highest BCUT2D eigenvalue weighted by molar-refractivity contribution is 5.94. The number of carbonyl (C=O) groups is 1. The second kappa shape index (κ2) is 5.25. The average Bonchev–Trinajstić information content (AvgIpc) is 2.32. The maximum absolute atomic E-state index is 13.3. The van der Waals surface area contributed by atoms with Crippen LogP contribution < -0.4 is 5.32 Å². The molecule has 0 heterocycles. The molecule has 17 heavy (non-hydrogen) atoms. The Bertz CT molecular complexity index is 416. The fourth-order valence-electron chi connectivity index (χ4n) is 1.21. The van der Waals surface area contributed by atoms with Crippen molar-refractivity contribution >= 4 is 5.91 Å². The molecule has 0 atom stereocenters. The van der Waals surface area contributed by atoms with E-state index in [9.17, 15) is 9.18 Å². The molecule has 0 radical (unpaired) electrons. The van der Waals surface area contributed by atoms with Crippen LogP contribution in [-0.2, 0) is 0 Å². The van der Waals surface area contributed by atoms with Gasteiger partial charge < -0.3 is 15.5 Å². The van der Waals surface area contributed by atoms with E-state index in [1.165, 1.54) is 19.1 Å². The fraction of sp³-hybridized carbons (Fsp3) is 0.417. The van der Waals surface area contributed by atoms with Crippen LogP contribution in [0.25, 0.3) is 0 Å². The van der Waals surface area contributed by atoms with Crippen LogP contribution in [0.5, 0.6) is 0 Å². The number of benzene rings is 1. The van der Waals surface area contributed by atoms with E-state index in [4.69, 9.17) is 10.2 Å². The lowest BCUT2D eigenvalue weighted by Crippen LogP contribution is -2.51. The fourth-order valence-corrected chi connectivity index (χ4v) is 1.21. The molecule has 0 unspecified atom stereocenters. The summed E-state index contributed by atoms with van der Waals surface area (Å²) >= 11 is 0. The van der Waals surface area contributed by atoms with Crippen LogP contribution in [0.4, 0.5) is 4.39 Å². The van der Waals surface area contributed by atoms with Gasteiger partial charge in [0.05, 0.1) is 18.8 Å². The van der Waals surface area contributed by atoms with Gasteiger partial charge in [-0.05, 0) is 31.5 Å². The van der Waals surface area contributed by atoms with Gasteiger partial charge in [0.2, 0.25) is 0 Å². The van der Waals surface area contributed by atoms with Crippen molar-refractivity contribution < 1.29 is 19.4 Å². The molecule has 0 fully saturated rings. The molecule has 0 bridgehead atoms. The lowest BCUT2D eigenvalue weighted by molar-refractivity contribution is 0.0723. The van der Waals surface area contributed by atoms with Crippen LogP contribution in [0.2, 0.25) is 0 Å². The third kappa shape index (κ3) is 3.25. The Balaban J connectivity index is 2.86. The van der Waals surface area contributed by atoms with E-state index < -0.39 is 30.5 Å². The summed E-state index contributed by atoms with van der Waals surface area (Å²) in [7, 11) is 0. The smallest absolute Gasteiger partial charge is 0.251 e. The summed E-state index contributed by atoms with van der Waals surface area (Å²) in [4.78, 5) is 11.7. The summed E-state index contributed by atoms with van der Waals surface area (Å²) in [5, 5.41) is 20.5. The van der Waals surface area contributed by atoms with Gasteiger partial charge in [0.1, 0.15) is 5.82 Å². The third-order valence-corrected chi connectivity index (χ3v) is 2.55. The Labute approximate surface area is 99.1 Å². The Morgan fingerprint density at radius 2 is 2.00 bits per heavy atom. The molecular formula is C12H16FNO3. The summed E-state index contributed by atoms with van der Waals surface area (Å²) in [5.41, 5.74) is -0.506. The minimum atomic E-state index is -1.11. The highest BCUT2D eigenvalue weighted by atomic mass is 19.1. The number of carbonyl (C=O) groups excluding carboxylic acids is 1. The normalized spacial score (nSPS) is 11.4. The van der Waals surface area contributed by atoms with Crippen LogP contribution in [0, 0.1) is 12.7 Å². The predicted molar refractivity (Wildman–Crippen MR) is 61.2 cm³/mol. The zero-order valence-electron chi connectivity index (χ0n) is 9.83. The number of aliphatic hydroxyl groups excluding tert-OH is 2. The van der Waals surface area contributed by atoms with Gasteiger partial charge in [0, 0.05) is 5.56 Å². The summed E-state index contributed by atoms with van der Waals surface area (Å²) in [6.07, 6.45) is 0. The molecule has 0 spiro atoms. The predicted octanol–water partition coefficient (Wildman–Crippen LogP) is 0.607. The molecule has 0 saturated carbocycles. The van der Waals surface area contributed by atoms with Gasteiger partial charge >= 0.3 is 0 Å². The topological polar surface area (TPSA) is 69.6 Å². The van der Waals surface area contributed by atoms with Crippen LogP contribution in [-0.4, -0.2) is 34.9 Å². The number of halogens is 1. The van der Waals surface area contributed by atoms with Gasteiger partial charge in [0.15, 0.2) is 0 Å². The first-order chi connectivity index (χ1) is 7.91. The molecule has 94 valence electrons. The van der Waals surface area contributed by atoms with E-state index in [2.05, 4.69) is 5.32 Å². The molecule has 1 rings (SSSR count). The zero-order chi connectivity index (χ0) is 13.1. The Hall–Kier alpha value is -1.46. The van der Waals surface area contributed by atoms with E-state index in [1.54, 1.807) is 6.92 Å². The van der Waals surface area contributed by atoms with E-state index in [-0.39, 0.29) is 5.56 Å². The summed E-state index contributed by atoms with van der Waals surface area (Å²) in [6, 6.07) is 4.11.